The van der Waals surface area contributed by atoms with Gasteiger partial charge < -0.3 is 30.4 Å². The summed E-state index contributed by atoms with van der Waals surface area (Å²) in [5.41, 5.74) is 0.777. The minimum atomic E-state index is -1.33. The number of carbonyl (C=O) groups is 3. The highest BCUT2D eigenvalue weighted by atomic mass is 16.5. The van der Waals surface area contributed by atoms with Crippen LogP contribution in [0.3, 0.4) is 0 Å². The summed E-state index contributed by atoms with van der Waals surface area (Å²) in [6.45, 7) is 2.47. The first kappa shape index (κ1) is 25.4. The van der Waals surface area contributed by atoms with Crippen molar-refractivity contribution >= 4 is 24.0 Å². The molecule has 2 aromatic rings. The summed E-state index contributed by atoms with van der Waals surface area (Å²) in [6, 6.07) is 7.72. The SMILES string of the molecule is O=C(NC(CNC(=O)C1CCCn2c(/C=C/C3CCNCC3)nnc21)C(=O)O)OCc1ccccc1. The van der Waals surface area contributed by atoms with Gasteiger partial charge >= 0.3 is 12.1 Å². The summed E-state index contributed by atoms with van der Waals surface area (Å²) >= 11 is 0. The van der Waals surface area contributed by atoms with Gasteiger partial charge in [0, 0.05) is 13.1 Å². The van der Waals surface area contributed by atoms with Crippen molar-refractivity contribution in [3.63, 3.8) is 0 Å². The highest BCUT2D eigenvalue weighted by Gasteiger charge is 2.31. The zero-order valence-corrected chi connectivity index (χ0v) is 20.1. The van der Waals surface area contributed by atoms with Crippen LogP contribution in [-0.2, 0) is 27.5 Å². The summed E-state index contributed by atoms with van der Waals surface area (Å²) in [6.07, 6.45) is 6.82. The number of benzene rings is 1. The Morgan fingerprint density at radius 2 is 1.94 bits per heavy atom. The van der Waals surface area contributed by atoms with Crippen LogP contribution < -0.4 is 16.0 Å². The van der Waals surface area contributed by atoms with Gasteiger partial charge in [0.05, 0.1) is 5.92 Å². The molecule has 11 nitrogen and oxygen atoms in total. The predicted octanol–water partition coefficient (Wildman–Crippen LogP) is 1.66. The molecule has 2 amide bonds. The van der Waals surface area contributed by atoms with Crippen molar-refractivity contribution in [2.24, 2.45) is 5.92 Å². The van der Waals surface area contributed by atoms with E-state index in [0.29, 0.717) is 18.2 Å². The molecule has 1 saturated heterocycles. The van der Waals surface area contributed by atoms with Crippen LogP contribution in [0.5, 0.6) is 0 Å². The highest BCUT2D eigenvalue weighted by Crippen LogP contribution is 2.27. The van der Waals surface area contributed by atoms with Crippen molar-refractivity contribution < 1.29 is 24.2 Å². The summed E-state index contributed by atoms with van der Waals surface area (Å²) in [5.74, 6) is -0.349. The van der Waals surface area contributed by atoms with Crippen molar-refractivity contribution in [2.75, 3.05) is 19.6 Å². The molecule has 36 heavy (non-hydrogen) atoms. The van der Waals surface area contributed by atoms with Crippen molar-refractivity contribution in [3.8, 4) is 0 Å². The van der Waals surface area contributed by atoms with Crippen LogP contribution in [0.25, 0.3) is 6.08 Å². The summed E-state index contributed by atoms with van der Waals surface area (Å²) in [7, 11) is 0. The third kappa shape index (κ3) is 6.69. The molecule has 2 unspecified atom stereocenters. The van der Waals surface area contributed by atoms with Crippen LogP contribution in [0.1, 0.15) is 48.8 Å². The monoisotopic (exact) mass is 496 g/mol. The molecule has 4 N–H and O–H groups in total. The summed E-state index contributed by atoms with van der Waals surface area (Å²) < 4.78 is 7.05. The number of alkyl carbamates (subject to hydrolysis) is 1. The molecule has 1 aromatic heterocycles. The number of nitrogens with one attached hydrogen (secondary N) is 3. The van der Waals surface area contributed by atoms with Gasteiger partial charge in [-0.05, 0) is 56.3 Å². The first-order chi connectivity index (χ1) is 17.5. The Bertz CT molecular complexity index is 1080. The number of amides is 2. The zero-order valence-electron chi connectivity index (χ0n) is 20.1. The maximum absolute atomic E-state index is 12.9. The van der Waals surface area contributed by atoms with E-state index in [1.807, 2.05) is 28.8 Å². The van der Waals surface area contributed by atoms with E-state index in [-0.39, 0.29) is 19.1 Å². The number of piperidine rings is 1. The fourth-order valence-electron chi connectivity index (χ4n) is 4.46. The van der Waals surface area contributed by atoms with Gasteiger partial charge in [-0.3, -0.25) is 4.79 Å². The first-order valence-electron chi connectivity index (χ1n) is 12.3. The Kier molecular flexibility index (Phi) is 8.66. The Balaban J connectivity index is 1.31. The predicted molar refractivity (Wildman–Crippen MR) is 131 cm³/mol. The number of carboxylic acid groups (broad SMARTS) is 1. The van der Waals surface area contributed by atoms with Crippen LogP contribution in [0, 0.1) is 5.92 Å². The second kappa shape index (κ2) is 12.3. The molecule has 0 aliphatic carbocycles. The van der Waals surface area contributed by atoms with Crippen LogP contribution in [-0.4, -0.2) is 63.5 Å². The standard InChI is InChI=1S/C25H32N6O5/c32-23(27-15-20(24(33)34)28-25(35)36-16-18-5-2-1-3-6-18)19-7-4-14-31-21(29-30-22(19)31)9-8-17-10-12-26-13-11-17/h1-3,5-6,8-9,17,19-20,26H,4,7,10-16H2,(H,27,32)(H,28,35)(H,33,34)/b9-8+. The van der Waals surface area contributed by atoms with Crippen LogP contribution >= 0.6 is 0 Å². The van der Waals surface area contributed by atoms with E-state index < -0.39 is 24.0 Å². The smallest absolute Gasteiger partial charge is 0.408 e. The molecule has 3 heterocycles. The fourth-order valence-corrected chi connectivity index (χ4v) is 4.46. The maximum Gasteiger partial charge on any atom is 0.408 e. The number of aliphatic carboxylic acids is 1. The molecule has 2 aliphatic rings. The van der Waals surface area contributed by atoms with Gasteiger partial charge in [0.1, 0.15) is 18.5 Å². The van der Waals surface area contributed by atoms with Gasteiger partial charge in [-0.15, -0.1) is 10.2 Å². The van der Waals surface area contributed by atoms with Gasteiger partial charge in [-0.25, -0.2) is 9.59 Å². The molecule has 1 aromatic carbocycles. The van der Waals surface area contributed by atoms with E-state index >= 15 is 0 Å². The van der Waals surface area contributed by atoms with Crippen LogP contribution in [0.4, 0.5) is 4.79 Å². The average molecular weight is 497 g/mol. The lowest BCUT2D eigenvalue weighted by Gasteiger charge is -2.23. The third-order valence-electron chi connectivity index (χ3n) is 6.50. The summed E-state index contributed by atoms with van der Waals surface area (Å²) in [4.78, 5) is 36.7. The molecular formula is C25H32N6O5. The van der Waals surface area contributed by atoms with Crippen molar-refractivity contribution in [1.29, 1.82) is 0 Å². The minimum Gasteiger partial charge on any atom is -0.480 e. The van der Waals surface area contributed by atoms with E-state index in [4.69, 9.17) is 4.74 Å². The number of carbonyl (C=O) groups excluding carboxylic acids is 2. The number of carboxylic acids is 1. The lowest BCUT2D eigenvalue weighted by Crippen LogP contribution is -2.49. The van der Waals surface area contributed by atoms with E-state index in [9.17, 15) is 19.5 Å². The Morgan fingerprint density at radius 1 is 1.17 bits per heavy atom. The van der Waals surface area contributed by atoms with E-state index in [1.54, 1.807) is 12.1 Å². The molecule has 1 fully saturated rings. The third-order valence-corrected chi connectivity index (χ3v) is 6.50. The largest absolute Gasteiger partial charge is 0.480 e. The molecule has 0 saturated carbocycles. The van der Waals surface area contributed by atoms with Crippen molar-refractivity contribution in [1.82, 2.24) is 30.7 Å². The summed E-state index contributed by atoms with van der Waals surface area (Å²) in [5, 5.41) is 26.3. The lowest BCUT2D eigenvalue weighted by atomic mass is 9.97. The van der Waals surface area contributed by atoms with Crippen LogP contribution in [0.2, 0.25) is 0 Å². The van der Waals surface area contributed by atoms with Gasteiger partial charge in [0.25, 0.3) is 0 Å². The zero-order chi connectivity index (χ0) is 25.3. The molecular weight excluding hydrogens is 464 g/mol. The Labute approximate surface area is 209 Å². The topological polar surface area (TPSA) is 147 Å². The number of allylic oxidation sites excluding steroid dienone is 1. The van der Waals surface area contributed by atoms with Gasteiger partial charge in [0.15, 0.2) is 5.82 Å². The maximum atomic E-state index is 12.9. The van der Waals surface area contributed by atoms with Gasteiger partial charge in [0.2, 0.25) is 5.91 Å². The normalized spacial score (nSPS) is 18.8. The number of rotatable bonds is 9. The number of nitrogens with zero attached hydrogens (tertiary/aromatic N) is 3. The molecule has 11 heteroatoms. The highest BCUT2D eigenvalue weighted by molar-refractivity contribution is 5.85. The molecule has 192 valence electrons. The minimum absolute atomic E-state index is 0.0114. The number of fused-ring (bicyclic) bond motifs is 1. The lowest BCUT2D eigenvalue weighted by molar-refractivity contribution is -0.139. The second-order valence-corrected chi connectivity index (χ2v) is 9.05. The molecule has 2 aliphatic heterocycles. The number of aromatic nitrogens is 3. The quantitative estimate of drug-likeness (QED) is 0.410. The van der Waals surface area contributed by atoms with Crippen LogP contribution in [0.15, 0.2) is 36.4 Å². The molecule has 0 bridgehead atoms. The van der Waals surface area contributed by atoms with Crippen molar-refractivity contribution in [2.45, 2.75) is 50.8 Å². The van der Waals surface area contributed by atoms with E-state index in [0.717, 1.165) is 50.3 Å². The second-order valence-electron chi connectivity index (χ2n) is 9.05. The average Bonchev–Trinajstić information content (AvgIpc) is 3.32. The molecule has 0 radical (unpaired) electrons. The van der Waals surface area contributed by atoms with Gasteiger partial charge in [-0.2, -0.15) is 0 Å². The molecule has 4 rings (SSSR count). The van der Waals surface area contributed by atoms with Gasteiger partial charge in [-0.1, -0.05) is 36.4 Å². The molecule has 0 spiro atoms. The molecule has 2 atom stereocenters. The number of ether oxygens (including phenoxy) is 1. The number of hydrogen-bond acceptors (Lipinski definition) is 7. The van der Waals surface area contributed by atoms with E-state index in [1.165, 1.54) is 0 Å². The van der Waals surface area contributed by atoms with Crippen molar-refractivity contribution in [3.05, 3.63) is 53.6 Å². The fraction of sp³-hybridized carbons (Fsp3) is 0.480. The van der Waals surface area contributed by atoms with E-state index in [2.05, 4.69) is 32.2 Å². The Morgan fingerprint density at radius 3 is 2.69 bits per heavy atom. The number of hydrogen-bond donors (Lipinski definition) is 4. The first-order valence-corrected chi connectivity index (χ1v) is 12.3. The Hall–Kier alpha value is -3.73.